The highest BCUT2D eigenvalue weighted by Crippen LogP contribution is 2.42. The number of rotatable bonds is 4. The van der Waals surface area contributed by atoms with Crippen LogP contribution in [-0.4, -0.2) is 27.8 Å². The van der Waals surface area contributed by atoms with Crippen LogP contribution in [0.5, 0.6) is 0 Å². The minimum atomic E-state index is -0.372. The SMILES string of the molecule is CCOC(=O)c1cnc2c(c1)sc1nnc(-c3ccccc3)c(-c3ccccc3)c12. The number of benzene rings is 2. The molecule has 5 rings (SSSR count). The largest absolute Gasteiger partial charge is 0.462 e. The van der Waals surface area contributed by atoms with Gasteiger partial charge in [-0.25, -0.2) is 4.79 Å². The van der Waals surface area contributed by atoms with Gasteiger partial charge in [-0.05, 0) is 18.6 Å². The minimum absolute atomic E-state index is 0.327. The van der Waals surface area contributed by atoms with Gasteiger partial charge in [0.05, 0.1) is 22.4 Å². The zero-order chi connectivity index (χ0) is 20.5. The molecular weight excluding hydrogens is 394 g/mol. The number of nitrogens with zero attached hydrogens (tertiary/aromatic N) is 3. The molecule has 5 nitrogen and oxygen atoms in total. The van der Waals surface area contributed by atoms with Crippen LogP contribution in [0, 0.1) is 0 Å². The summed E-state index contributed by atoms with van der Waals surface area (Å²) in [5.74, 6) is -0.372. The molecule has 0 radical (unpaired) electrons. The lowest BCUT2D eigenvalue weighted by Crippen LogP contribution is -2.04. The van der Waals surface area contributed by atoms with E-state index in [1.165, 1.54) is 11.3 Å². The Morgan fingerprint density at radius 1 is 0.967 bits per heavy atom. The molecule has 0 spiro atoms. The van der Waals surface area contributed by atoms with Gasteiger partial charge in [-0.2, -0.15) is 0 Å². The van der Waals surface area contributed by atoms with Crippen LogP contribution in [0.3, 0.4) is 0 Å². The Bertz CT molecular complexity index is 1370. The van der Waals surface area contributed by atoms with Gasteiger partial charge in [-0.1, -0.05) is 60.7 Å². The van der Waals surface area contributed by atoms with E-state index in [1.807, 2.05) is 54.6 Å². The molecule has 0 aliphatic heterocycles. The van der Waals surface area contributed by atoms with E-state index < -0.39 is 0 Å². The van der Waals surface area contributed by atoms with E-state index in [4.69, 9.17) is 4.74 Å². The number of carbonyl (C=O) groups is 1. The van der Waals surface area contributed by atoms with Crippen molar-refractivity contribution in [2.45, 2.75) is 6.92 Å². The third-order valence-electron chi connectivity index (χ3n) is 4.86. The summed E-state index contributed by atoms with van der Waals surface area (Å²) >= 11 is 1.48. The van der Waals surface area contributed by atoms with E-state index in [0.717, 1.165) is 42.8 Å². The van der Waals surface area contributed by atoms with Crippen molar-refractivity contribution >= 4 is 37.7 Å². The predicted molar refractivity (Wildman–Crippen MR) is 120 cm³/mol. The van der Waals surface area contributed by atoms with Crippen molar-refractivity contribution in [2.24, 2.45) is 0 Å². The highest BCUT2D eigenvalue weighted by Gasteiger charge is 2.20. The Hall–Kier alpha value is -3.64. The highest BCUT2D eigenvalue weighted by atomic mass is 32.1. The van der Waals surface area contributed by atoms with Crippen molar-refractivity contribution in [3.8, 4) is 22.4 Å². The predicted octanol–water partition coefficient (Wildman–Crippen LogP) is 5.75. The topological polar surface area (TPSA) is 65.0 Å². The maximum absolute atomic E-state index is 12.1. The molecule has 146 valence electrons. The maximum Gasteiger partial charge on any atom is 0.339 e. The van der Waals surface area contributed by atoms with E-state index in [2.05, 4.69) is 27.3 Å². The number of hydrogen-bond acceptors (Lipinski definition) is 6. The fraction of sp³-hybridized carbons (Fsp3) is 0.0833. The summed E-state index contributed by atoms with van der Waals surface area (Å²) in [7, 11) is 0. The molecule has 0 aliphatic carbocycles. The summed E-state index contributed by atoms with van der Waals surface area (Å²) in [4.78, 5) is 17.6. The molecule has 0 atom stereocenters. The van der Waals surface area contributed by atoms with Gasteiger partial charge in [0.2, 0.25) is 0 Å². The Morgan fingerprint density at radius 3 is 2.37 bits per heavy atom. The fourth-order valence-electron chi connectivity index (χ4n) is 3.54. The number of pyridine rings is 1. The zero-order valence-electron chi connectivity index (χ0n) is 16.2. The van der Waals surface area contributed by atoms with Crippen LogP contribution in [0.15, 0.2) is 72.9 Å². The summed E-state index contributed by atoms with van der Waals surface area (Å²) in [6.45, 7) is 2.11. The van der Waals surface area contributed by atoms with E-state index in [0.29, 0.717) is 12.2 Å². The standard InChI is InChI=1S/C24H17N3O2S/c1-2-29-24(28)17-13-18-22(25-14-17)20-19(15-9-5-3-6-10-15)21(26-27-23(20)30-18)16-11-7-4-8-12-16/h3-14H,2H2,1H3. The first-order chi connectivity index (χ1) is 14.8. The van der Waals surface area contributed by atoms with Crippen molar-refractivity contribution in [1.29, 1.82) is 0 Å². The third kappa shape index (κ3) is 3.11. The number of ether oxygens (including phenoxy) is 1. The molecule has 0 amide bonds. The van der Waals surface area contributed by atoms with Gasteiger partial charge in [-0.15, -0.1) is 21.5 Å². The van der Waals surface area contributed by atoms with E-state index in [1.54, 1.807) is 13.1 Å². The summed E-state index contributed by atoms with van der Waals surface area (Å²) in [5, 5.41) is 10.0. The second-order valence-corrected chi connectivity index (χ2v) is 7.76. The highest BCUT2D eigenvalue weighted by molar-refractivity contribution is 7.25. The Morgan fingerprint density at radius 2 is 1.67 bits per heavy atom. The quantitative estimate of drug-likeness (QED) is 0.352. The Balaban J connectivity index is 1.83. The van der Waals surface area contributed by atoms with Crippen LogP contribution in [0.4, 0.5) is 0 Å². The molecule has 0 bridgehead atoms. The Kier molecular flexibility index (Phi) is 4.69. The summed E-state index contributed by atoms with van der Waals surface area (Å²) < 4.78 is 6.00. The minimum Gasteiger partial charge on any atom is -0.462 e. The lowest BCUT2D eigenvalue weighted by atomic mass is 9.97. The number of hydrogen-bond donors (Lipinski definition) is 0. The van der Waals surface area contributed by atoms with Crippen molar-refractivity contribution in [2.75, 3.05) is 6.61 Å². The number of esters is 1. The lowest BCUT2D eigenvalue weighted by Gasteiger charge is -2.10. The van der Waals surface area contributed by atoms with Gasteiger partial charge in [0.25, 0.3) is 0 Å². The van der Waals surface area contributed by atoms with Gasteiger partial charge in [-0.3, -0.25) is 4.98 Å². The molecular formula is C24H17N3O2S. The lowest BCUT2D eigenvalue weighted by molar-refractivity contribution is 0.0526. The summed E-state index contributed by atoms with van der Waals surface area (Å²) in [5.41, 5.74) is 5.10. The summed E-state index contributed by atoms with van der Waals surface area (Å²) in [6.07, 6.45) is 1.57. The molecule has 5 aromatic rings. The molecule has 0 saturated heterocycles. The van der Waals surface area contributed by atoms with Crippen molar-refractivity contribution in [3.05, 3.63) is 78.5 Å². The number of aromatic nitrogens is 3. The second kappa shape index (κ2) is 7.65. The average molecular weight is 411 g/mol. The van der Waals surface area contributed by atoms with E-state index in [9.17, 15) is 4.79 Å². The van der Waals surface area contributed by atoms with Gasteiger partial charge >= 0.3 is 5.97 Å². The molecule has 0 unspecified atom stereocenters. The first-order valence-electron chi connectivity index (χ1n) is 9.63. The summed E-state index contributed by atoms with van der Waals surface area (Å²) in [6, 6.07) is 22.0. The van der Waals surface area contributed by atoms with Crippen molar-refractivity contribution in [3.63, 3.8) is 0 Å². The number of carbonyl (C=O) groups excluding carboxylic acids is 1. The van der Waals surface area contributed by atoms with Crippen LogP contribution in [0.1, 0.15) is 17.3 Å². The van der Waals surface area contributed by atoms with Gasteiger partial charge in [0.1, 0.15) is 10.5 Å². The molecule has 30 heavy (non-hydrogen) atoms. The third-order valence-corrected chi connectivity index (χ3v) is 5.87. The van der Waals surface area contributed by atoms with Gasteiger partial charge in [0.15, 0.2) is 0 Å². The smallest absolute Gasteiger partial charge is 0.339 e. The van der Waals surface area contributed by atoms with Crippen LogP contribution in [-0.2, 0) is 4.74 Å². The van der Waals surface area contributed by atoms with Crippen LogP contribution in [0.25, 0.3) is 42.8 Å². The van der Waals surface area contributed by atoms with Gasteiger partial charge < -0.3 is 4.74 Å². The first-order valence-corrected chi connectivity index (χ1v) is 10.4. The van der Waals surface area contributed by atoms with Gasteiger partial charge in [0, 0.05) is 22.7 Å². The molecule has 0 aliphatic rings. The van der Waals surface area contributed by atoms with E-state index >= 15 is 0 Å². The van der Waals surface area contributed by atoms with Crippen LogP contribution in [0.2, 0.25) is 0 Å². The Labute approximate surface area is 177 Å². The second-order valence-electron chi connectivity index (χ2n) is 6.73. The average Bonchev–Trinajstić information content (AvgIpc) is 3.17. The molecule has 3 heterocycles. The molecule has 0 N–H and O–H groups in total. The van der Waals surface area contributed by atoms with E-state index in [-0.39, 0.29) is 5.97 Å². The molecule has 2 aromatic carbocycles. The number of fused-ring (bicyclic) bond motifs is 3. The van der Waals surface area contributed by atoms with Crippen LogP contribution >= 0.6 is 11.3 Å². The monoisotopic (exact) mass is 411 g/mol. The molecule has 0 fully saturated rings. The zero-order valence-corrected chi connectivity index (χ0v) is 17.0. The first kappa shape index (κ1) is 18.4. The fourth-order valence-corrected chi connectivity index (χ4v) is 4.56. The molecule has 6 heteroatoms. The van der Waals surface area contributed by atoms with Crippen molar-refractivity contribution in [1.82, 2.24) is 15.2 Å². The molecule has 0 saturated carbocycles. The van der Waals surface area contributed by atoms with Crippen molar-refractivity contribution < 1.29 is 9.53 Å². The maximum atomic E-state index is 12.1. The molecule has 3 aromatic heterocycles. The van der Waals surface area contributed by atoms with Crippen LogP contribution < -0.4 is 0 Å². The number of thiophene rings is 1. The normalized spacial score (nSPS) is 11.1.